The van der Waals surface area contributed by atoms with Crippen LogP contribution in [0.4, 0.5) is 13.2 Å². The van der Waals surface area contributed by atoms with E-state index < -0.39 is 10.5 Å². The van der Waals surface area contributed by atoms with E-state index in [2.05, 4.69) is 0 Å². The molecule has 0 saturated carbocycles. The zero-order chi connectivity index (χ0) is 10.5. The van der Waals surface area contributed by atoms with Gasteiger partial charge in [-0.25, -0.2) is 0 Å². The van der Waals surface area contributed by atoms with E-state index in [1.165, 1.54) is 0 Å². The lowest BCUT2D eigenvalue weighted by Gasteiger charge is -2.22. The fourth-order valence-corrected chi connectivity index (χ4v) is 1.18. The van der Waals surface area contributed by atoms with Gasteiger partial charge in [0, 0.05) is 0 Å². The van der Waals surface area contributed by atoms with E-state index in [4.69, 9.17) is 23.2 Å². The van der Waals surface area contributed by atoms with Gasteiger partial charge < -0.3 is 0 Å². The molecule has 0 aromatic carbocycles. The van der Waals surface area contributed by atoms with Crippen molar-refractivity contribution in [2.45, 2.75) is 49.5 Å². The average molecular weight is 237 g/mol. The van der Waals surface area contributed by atoms with Crippen LogP contribution in [0.3, 0.4) is 0 Å². The Morgan fingerprint density at radius 3 is 1.92 bits per heavy atom. The summed E-state index contributed by atoms with van der Waals surface area (Å²) in [6, 6.07) is 0. The summed E-state index contributed by atoms with van der Waals surface area (Å²) in [7, 11) is 0. The summed E-state index contributed by atoms with van der Waals surface area (Å²) in [5, 5.41) is 0. The van der Waals surface area contributed by atoms with Gasteiger partial charge in [-0.05, 0) is 6.42 Å². The van der Waals surface area contributed by atoms with Gasteiger partial charge in [0.15, 0.2) is 0 Å². The van der Waals surface area contributed by atoms with Gasteiger partial charge in [-0.2, -0.15) is 13.2 Å². The Kier molecular flexibility index (Phi) is 5.45. The van der Waals surface area contributed by atoms with Crippen molar-refractivity contribution in [1.82, 2.24) is 0 Å². The van der Waals surface area contributed by atoms with E-state index in [9.17, 15) is 13.2 Å². The highest BCUT2D eigenvalue weighted by Gasteiger charge is 2.51. The second kappa shape index (κ2) is 5.30. The standard InChI is InChI=1S/C8H13Cl2F3/c1-2-3-4-5-6-7(9,10)8(11,12)13/h2-6H2,1H3. The summed E-state index contributed by atoms with van der Waals surface area (Å²) in [6.07, 6.45) is -1.69. The van der Waals surface area contributed by atoms with Gasteiger partial charge in [-0.1, -0.05) is 55.8 Å². The van der Waals surface area contributed by atoms with Gasteiger partial charge in [0.05, 0.1) is 0 Å². The first-order valence-electron chi connectivity index (χ1n) is 4.26. The first kappa shape index (κ1) is 13.4. The van der Waals surface area contributed by atoms with E-state index in [0.29, 0.717) is 6.42 Å². The van der Waals surface area contributed by atoms with E-state index in [-0.39, 0.29) is 6.42 Å². The molecule has 0 radical (unpaired) electrons. The van der Waals surface area contributed by atoms with Crippen LogP contribution >= 0.6 is 23.2 Å². The Labute approximate surface area is 86.4 Å². The molecule has 0 saturated heterocycles. The van der Waals surface area contributed by atoms with Crippen LogP contribution in [0, 0.1) is 0 Å². The minimum atomic E-state index is -4.53. The average Bonchev–Trinajstić information content (AvgIpc) is 1.96. The molecule has 0 spiro atoms. The lowest BCUT2D eigenvalue weighted by molar-refractivity contribution is -0.143. The van der Waals surface area contributed by atoms with E-state index >= 15 is 0 Å². The Bertz CT molecular complexity index is 143. The third kappa shape index (κ3) is 4.96. The minimum absolute atomic E-state index is 0.223. The van der Waals surface area contributed by atoms with Gasteiger partial charge in [-0.3, -0.25) is 0 Å². The van der Waals surface area contributed by atoms with Crippen LogP contribution < -0.4 is 0 Å². The van der Waals surface area contributed by atoms with Gasteiger partial charge in [-0.15, -0.1) is 0 Å². The molecule has 0 atom stereocenters. The molecule has 0 bridgehead atoms. The second-order valence-corrected chi connectivity index (χ2v) is 4.50. The smallest absolute Gasteiger partial charge is 0.168 e. The van der Waals surface area contributed by atoms with Crippen molar-refractivity contribution < 1.29 is 13.2 Å². The summed E-state index contributed by atoms with van der Waals surface area (Å²) in [5.41, 5.74) is 0. The van der Waals surface area contributed by atoms with E-state index in [0.717, 1.165) is 19.3 Å². The van der Waals surface area contributed by atoms with Crippen LogP contribution in [0.5, 0.6) is 0 Å². The molecule has 5 heteroatoms. The molecule has 0 N–H and O–H groups in total. The summed E-state index contributed by atoms with van der Waals surface area (Å²) >= 11 is 10.3. The van der Waals surface area contributed by atoms with E-state index in [1.54, 1.807) is 0 Å². The Hall–Kier alpha value is 0.370. The number of rotatable bonds is 5. The predicted molar refractivity (Wildman–Crippen MR) is 49.3 cm³/mol. The number of hydrogen-bond acceptors (Lipinski definition) is 0. The normalized spacial score (nSPS) is 13.4. The molecule has 0 aliphatic heterocycles. The van der Waals surface area contributed by atoms with Crippen LogP contribution in [-0.2, 0) is 0 Å². The van der Waals surface area contributed by atoms with Crippen LogP contribution in [0.15, 0.2) is 0 Å². The largest absolute Gasteiger partial charge is 0.421 e. The number of alkyl halides is 5. The molecule has 0 rings (SSSR count). The van der Waals surface area contributed by atoms with Crippen molar-refractivity contribution in [3.8, 4) is 0 Å². The maximum absolute atomic E-state index is 12.1. The monoisotopic (exact) mass is 236 g/mol. The molecule has 0 heterocycles. The minimum Gasteiger partial charge on any atom is -0.168 e. The van der Waals surface area contributed by atoms with Crippen molar-refractivity contribution in [2.75, 3.05) is 0 Å². The van der Waals surface area contributed by atoms with Crippen LogP contribution in [0.1, 0.15) is 39.0 Å². The lowest BCUT2D eigenvalue weighted by Crippen LogP contribution is -2.33. The van der Waals surface area contributed by atoms with Gasteiger partial charge >= 0.3 is 6.18 Å². The highest BCUT2D eigenvalue weighted by atomic mass is 35.5. The molecule has 0 aromatic heterocycles. The summed E-state index contributed by atoms with van der Waals surface area (Å²) in [4.78, 5) is 0. The molecule has 13 heavy (non-hydrogen) atoms. The van der Waals surface area contributed by atoms with Crippen molar-refractivity contribution >= 4 is 23.2 Å². The summed E-state index contributed by atoms with van der Waals surface area (Å²) in [6.45, 7) is 1.98. The van der Waals surface area contributed by atoms with Gasteiger partial charge in [0.2, 0.25) is 4.33 Å². The maximum atomic E-state index is 12.1. The number of unbranched alkanes of at least 4 members (excludes halogenated alkanes) is 3. The summed E-state index contributed by atoms with van der Waals surface area (Å²) in [5.74, 6) is 0. The van der Waals surface area contributed by atoms with Crippen LogP contribution in [0.2, 0.25) is 0 Å². The number of halogens is 5. The lowest BCUT2D eigenvalue weighted by atomic mass is 10.1. The van der Waals surface area contributed by atoms with Crippen molar-refractivity contribution in [2.24, 2.45) is 0 Å². The molecular weight excluding hydrogens is 224 g/mol. The van der Waals surface area contributed by atoms with Gasteiger partial charge in [0.1, 0.15) is 0 Å². The van der Waals surface area contributed by atoms with Crippen molar-refractivity contribution in [1.29, 1.82) is 0 Å². The van der Waals surface area contributed by atoms with Crippen molar-refractivity contribution in [3.05, 3.63) is 0 Å². The third-order valence-electron chi connectivity index (χ3n) is 1.76. The molecule has 0 fully saturated rings. The topological polar surface area (TPSA) is 0 Å². The molecule has 0 aliphatic carbocycles. The fraction of sp³-hybridized carbons (Fsp3) is 1.00. The molecule has 0 unspecified atom stereocenters. The second-order valence-electron chi connectivity index (χ2n) is 3.01. The maximum Gasteiger partial charge on any atom is 0.421 e. The molecule has 0 amide bonds. The first-order chi connectivity index (χ1) is 5.81. The SMILES string of the molecule is CCCCCCC(Cl)(Cl)C(F)(F)F. The van der Waals surface area contributed by atoms with Crippen molar-refractivity contribution in [3.63, 3.8) is 0 Å². The highest BCUT2D eigenvalue weighted by Crippen LogP contribution is 2.43. The highest BCUT2D eigenvalue weighted by molar-refractivity contribution is 6.49. The molecule has 0 aliphatic rings. The zero-order valence-electron chi connectivity index (χ0n) is 7.43. The Morgan fingerprint density at radius 2 is 1.54 bits per heavy atom. The predicted octanol–water partition coefficient (Wildman–Crippen LogP) is 4.69. The molecule has 0 nitrogen and oxygen atoms in total. The number of hydrogen-bond donors (Lipinski definition) is 0. The van der Waals surface area contributed by atoms with Crippen LogP contribution in [-0.4, -0.2) is 10.5 Å². The Balaban J connectivity index is 3.77. The molecular formula is C8H13Cl2F3. The first-order valence-corrected chi connectivity index (χ1v) is 5.01. The molecule has 0 aromatic rings. The van der Waals surface area contributed by atoms with Crippen LogP contribution in [0.25, 0.3) is 0 Å². The third-order valence-corrected chi connectivity index (χ3v) is 2.57. The van der Waals surface area contributed by atoms with Gasteiger partial charge in [0.25, 0.3) is 0 Å². The molecule has 80 valence electrons. The Morgan fingerprint density at radius 1 is 1.00 bits per heavy atom. The quantitative estimate of drug-likeness (QED) is 0.480. The fourth-order valence-electron chi connectivity index (χ4n) is 0.916. The van der Waals surface area contributed by atoms with E-state index in [1.807, 2.05) is 6.92 Å². The summed E-state index contributed by atoms with van der Waals surface area (Å²) < 4.78 is 33.7. The zero-order valence-corrected chi connectivity index (χ0v) is 8.94.